The highest BCUT2D eigenvalue weighted by atomic mass is 32.2. The second-order valence-corrected chi connectivity index (χ2v) is 11.4. The zero-order valence-corrected chi connectivity index (χ0v) is 22.9. The lowest BCUT2D eigenvalue weighted by Gasteiger charge is -2.25. The maximum Gasteiger partial charge on any atom is 0.291 e. The number of rotatable bonds is 6. The molecule has 0 amide bonds. The van der Waals surface area contributed by atoms with Crippen LogP contribution >= 0.6 is 0 Å². The van der Waals surface area contributed by atoms with E-state index in [4.69, 9.17) is 5.73 Å². The number of anilines is 2. The van der Waals surface area contributed by atoms with Gasteiger partial charge in [-0.05, 0) is 55.2 Å². The highest BCUT2D eigenvalue weighted by Gasteiger charge is 2.26. The van der Waals surface area contributed by atoms with Crippen LogP contribution in [0.1, 0.15) is 42.9 Å². The second kappa shape index (κ2) is 11.1. The van der Waals surface area contributed by atoms with Crippen LogP contribution in [0, 0.1) is 22.7 Å². The fourth-order valence-corrected chi connectivity index (χ4v) is 6.06. The number of piperidine rings is 1. The number of nitrogens with two attached hydrogens (primary N) is 1. The maximum atomic E-state index is 13.3. The first kappa shape index (κ1) is 27.6. The molecule has 1 fully saturated rings. The highest BCUT2D eigenvalue weighted by Crippen LogP contribution is 2.30. The normalized spacial score (nSPS) is 14.4. The molecule has 1 saturated heterocycles. The molecule has 1 aliphatic rings. The van der Waals surface area contributed by atoms with Gasteiger partial charge in [-0.15, -0.1) is 0 Å². The average molecular weight is 544 g/mol. The first-order chi connectivity index (χ1) is 18.6. The van der Waals surface area contributed by atoms with E-state index in [1.54, 1.807) is 31.2 Å². The molecule has 1 aliphatic heterocycles. The predicted octanol–water partition coefficient (Wildman–Crippen LogP) is 3.35. The highest BCUT2D eigenvalue weighted by molar-refractivity contribution is 7.89. The van der Waals surface area contributed by atoms with Gasteiger partial charge in [-0.2, -0.15) is 24.6 Å². The molecule has 39 heavy (non-hydrogen) atoms. The Morgan fingerprint density at radius 1 is 0.949 bits per heavy atom. The van der Waals surface area contributed by atoms with Gasteiger partial charge in [-0.3, -0.25) is 4.79 Å². The zero-order valence-electron chi connectivity index (χ0n) is 22.0. The molecule has 0 spiro atoms. The van der Waals surface area contributed by atoms with Crippen molar-refractivity contribution >= 4 is 27.2 Å². The first-order valence-electron chi connectivity index (χ1n) is 12.4. The zero-order chi connectivity index (χ0) is 28.3. The topological polar surface area (TPSA) is 149 Å². The van der Waals surface area contributed by atoms with Crippen LogP contribution < -0.4 is 16.2 Å². The van der Waals surface area contributed by atoms with E-state index in [9.17, 15) is 23.7 Å². The summed E-state index contributed by atoms with van der Waals surface area (Å²) in [5, 5.41) is 24.1. The Bertz CT molecular complexity index is 1670. The molecule has 0 bridgehead atoms. The molecule has 200 valence electrons. The van der Waals surface area contributed by atoms with Crippen LogP contribution in [0.3, 0.4) is 0 Å². The fourth-order valence-electron chi connectivity index (χ4n) is 4.54. The van der Waals surface area contributed by atoms with Gasteiger partial charge in [-0.1, -0.05) is 30.7 Å². The lowest BCUT2D eigenvalue weighted by Crippen LogP contribution is -2.35. The number of aromatic nitrogens is 1. The molecule has 10 nitrogen and oxygen atoms in total. The fraction of sp³-hybridized carbons (Fsp3) is 0.286. The summed E-state index contributed by atoms with van der Waals surface area (Å²) in [4.78, 5) is 15.4. The van der Waals surface area contributed by atoms with Crippen molar-refractivity contribution in [3.63, 3.8) is 0 Å². The summed E-state index contributed by atoms with van der Waals surface area (Å²) in [6, 6.07) is 17.2. The summed E-state index contributed by atoms with van der Waals surface area (Å²) in [5.41, 5.74) is 7.68. The number of nitrogens with zero attached hydrogens (tertiary/aromatic N) is 6. The van der Waals surface area contributed by atoms with Crippen LogP contribution in [-0.2, 0) is 10.0 Å². The van der Waals surface area contributed by atoms with E-state index >= 15 is 0 Å². The van der Waals surface area contributed by atoms with Gasteiger partial charge >= 0.3 is 0 Å². The minimum Gasteiger partial charge on any atom is -0.382 e. The van der Waals surface area contributed by atoms with E-state index in [1.165, 1.54) is 16.4 Å². The minimum absolute atomic E-state index is 0.0386. The van der Waals surface area contributed by atoms with Crippen molar-refractivity contribution in [1.82, 2.24) is 8.98 Å². The number of sulfonamides is 1. The van der Waals surface area contributed by atoms with Gasteiger partial charge in [0.15, 0.2) is 0 Å². The Morgan fingerprint density at radius 2 is 1.54 bits per heavy atom. The van der Waals surface area contributed by atoms with Gasteiger partial charge in [0.2, 0.25) is 10.0 Å². The van der Waals surface area contributed by atoms with Gasteiger partial charge in [0.1, 0.15) is 29.1 Å². The number of nitriles is 2. The predicted molar refractivity (Wildman–Crippen MR) is 151 cm³/mol. The van der Waals surface area contributed by atoms with Crippen molar-refractivity contribution in [2.75, 3.05) is 37.8 Å². The summed E-state index contributed by atoms with van der Waals surface area (Å²) in [6.45, 7) is 2.64. The molecule has 0 radical (unpaired) electrons. The summed E-state index contributed by atoms with van der Waals surface area (Å²) in [6.07, 6.45) is 2.71. The molecule has 3 aromatic rings. The van der Waals surface area contributed by atoms with Crippen molar-refractivity contribution in [2.45, 2.75) is 31.1 Å². The van der Waals surface area contributed by atoms with Crippen LogP contribution in [0.25, 0.3) is 11.1 Å². The van der Waals surface area contributed by atoms with E-state index in [2.05, 4.69) is 5.10 Å². The van der Waals surface area contributed by atoms with E-state index < -0.39 is 15.6 Å². The third-order valence-corrected chi connectivity index (χ3v) is 8.67. The SMILES string of the molecule is C/C(=N\n1c(N)c(C#N)c(-c2ccc(N(C)C)cc2)c(C#N)c1=O)c1ccc(S(=O)(=O)N2CCCCC2)cc1. The molecule has 11 heteroatoms. The van der Waals surface area contributed by atoms with Crippen molar-refractivity contribution in [3.8, 4) is 23.3 Å². The molecule has 0 aliphatic carbocycles. The molecule has 2 N–H and O–H groups in total. The lowest BCUT2D eigenvalue weighted by molar-refractivity contribution is 0.346. The Hall–Kier alpha value is -4.45. The molecule has 4 rings (SSSR count). The van der Waals surface area contributed by atoms with Gasteiger partial charge in [0.05, 0.1) is 10.6 Å². The van der Waals surface area contributed by atoms with Crippen LogP contribution in [0.4, 0.5) is 11.5 Å². The summed E-state index contributed by atoms with van der Waals surface area (Å²) < 4.78 is 28.3. The Morgan fingerprint density at radius 3 is 2.08 bits per heavy atom. The summed E-state index contributed by atoms with van der Waals surface area (Å²) in [7, 11) is 0.182. The molecule has 1 aromatic heterocycles. The van der Waals surface area contributed by atoms with Crippen LogP contribution in [0.5, 0.6) is 0 Å². The number of nitrogen functional groups attached to an aromatic ring is 1. The molecule has 0 saturated carbocycles. The quantitative estimate of drug-likeness (QED) is 0.469. The monoisotopic (exact) mass is 543 g/mol. The van der Waals surface area contributed by atoms with E-state index in [-0.39, 0.29) is 27.4 Å². The third-order valence-electron chi connectivity index (χ3n) is 6.76. The van der Waals surface area contributed by atoms with Crippen LogP contribution in [-0.4, -0.2) is 50.3 Å². The standard InChI is InChI=1S/C28H29N7O3S/c1-19(20-9-13-23(14-10-20)39(37,38)34-15-5-4-6-16-34)32-35-27(31)24(17-29)26(25(18-30)28(35)36)21-7-11-22(12-8-21)33(2)3/h7-14H,4-6,15-16,31H2,1-3H3/b32-19+. The van der Waals surface area contributed by atoms with Crippen molar-refractivity contribution in [1.29, 1.82) is 10.5 Å². The Kier molecular flexibility index (Phi) is 7.86. The number of hydrogen-bond acceptors (Lipinski definition) is 8. The van der Waals surface area contributed by atoms with E-state index in [1.807, 2.05) is 43.3 Å². The van der Waals surface area contributed by atoms with E-state index in [0.29, 0.717) is 29.9 Å². The third kappa shape index (κ3) is 5.28. The summed E-state index contributed by atoms with van der Waals surface area (Å²) in [5.74, 6) is -0.197. The maximum absolute atomic E-state index is 13.3. The second-order valence-electron chi connectivity index (χ2n) is 9.47. The van der Waals surface area contributed by atoms with Gasteiger partial charge in [0, 0.05) is 38.4 Å². The Balaban J connectivity index is 1.75. The number of hydrogen-bond donors (Lipinski definition) is 1. The molecular weight excluding hydrogens is 514 g/mol. The first-order valence-corrected chi connectivity index (χ1v) is 13.9. The Labute approximate surface area is 227 Å². The van der Waals surface area contributed by atoms with Crippen molar-refractivity contribution in [2.24, 2.45) is 5.10 Å². The van der Waals surface area contributed by atoms with Crippen molar-refractivity contribution < 1.29 is 8.42 Å². The molecule has 2 aromatic carbocycles. The van der Waals surface area contributed by atoms with Crippen molar-refractivity contribution in [3.05, 3.63) is 75.6 Å². The molecule has 0 unspecified atom stereocenters. The molecule has 2 heterocycles. The smallest absolute Gasteiger partial charge is 0.291 e. The van der Waals surface area contributed by atoms with Crippen LogP contribution in [0.15, 0.2) is 63.3 Å². The number of pyridine rings is 1. The van der Waals surface area contributed by atoms with Crippen LogP contribution in [0.2, 0.25) is 0 Å². The average Bonchev–Trinajstić information content (AvgIpc) is 2.95. The van der Waals surface area contributed by atoms with Gasteiger partial charge in [0.25, 0.3) is 5.56 Å². The molecule has 0 atom stereocenters. The van der Waals surface area contributed by atoms with E-state index in [0.717, 1.165) is 29.6 Å². The summed E-state index contributed by atoms with van der Waals surface area (Å²) >= 11 is 0. The molecular formula is C28H29N7O3S. The number of benzene rings is 2. The van der Waals surface area contributed by atoms with Gasteiger partial charge in [-0.25, -0.2) is 8.42 Å². The minimum atomic E-state index is -3.59. The largest absolute Gasteiger partial charge is 0.382 e. The lowest BCUT2D eigenvalue weighted by atomic mass is 9.96. The van der Waals surface area contributed by atoms with Gasteiger partial charge < -0.3 is 10.6 Å².